The minimum absolute atomic E-state index is 0.383. The Morgan fingerprint density at radius 2 is 1.40 bits per heavy atom. The first-order chi connectivity index (χ1) is 4.59. The predicted octanol–water partition coefficient (Wildman–Crippen LogP) is 3.93. The van der Waals surface area contributed by atoms with E-state index in [-0.39, 0.29) is 0 Å². The molecule has 0 aliphatic heterocycles. The minimum Gasteiger partial charge on any atom is -0.153 e. The van der Waals surface area contributed by atoms with Crippen LogP contribution in [0.3, 0.4) is 0 Å². The molecule has 0 fully saturated rings. The molecule has 0 saturated carbocycles. The van der Waals surface area contributed by atoms with Gasteiger partial charge in [-0.05, 0) is 11.8 Å². The molecule has 0 rings (SSSR count). The van der Waals surface area contributed by atoms with Crippen LogP contribution in [0.25, 0.3) is 0 Å². The Labute approximate surface area is 71.0 Å². The molecular weight excluding hydrogens is 167 g/mol. The summed E-state index contributed by atoms with van der Waals surface area (Å²) < 4.78 is 11.8. The lowest BCUT2D eigenvalue weighted by atomic mass is 10.0. The SMILES string of the molecule is CC(C)C(SSF)C(C)C. The normalized spacial score (nSPS) is 12.0. The van der Waals surface area contributed by atoms with E-state index in [1.807, 2.05) is 0 Å². The average Bonchev–Trinajstić information content (AvgIpc) is 1.81. The van der Waals surface area contributed by atoms with Gasteiger partial charge in [0.2, 0.25) is 0 Å². The van der Waals surface area contributed by atoms with Crippen LogP contribution in [0.1, 0.15) is 27.7 Å². The van der Waals surface area contributed by atoms with Crippen molar-refractivity contribution < 1.29 is 3.89 Å². The molecule has 0 radical (unpaired) electrons. The van der Waals surface area contributed by atoms with Crippen LogP contribution in [0.4, 0.5) is 3.89 Å². The molecule has 0 spiro atoms. The number of hydrogen-bond donors (Lipinski definition) is 0. The van der Waals surface area contributed by atoms with Crippen LogP contribution in [-0.2, 0) is 0 Å². The van der Waals surface area contributed by atoms with Gasteiger partial charge in [-0.3, -0.25) is 0 Å². The molecule has 0 aromatic rings. The van der Waals surface area contributed by atoms with Crippen LogP contribution >= 0.6 is 22.0 Å². The standard InChI is InChI=1S/C7H15FS2/c1-5(2)7(6(3)4)9-10-8/h5-7H,1-4H3. The summed E-state index contributed by atoms with van der Waals surface area (Å²) in [6.45, 7) is 8.53. The monoisotopic (exact) mass is 182 g/mol. The maximum absolute atomic E-state index is 11.8. The van der Waals surface area contributed by atoms with Crippen LogP contribution < -0.4 is 0 Å². The fourth-order valence-corrected chi connectivity index (χ4v) is 3.15. The van der Waals surface area contributed by atoms with Gasteiger partial charge in [0.25, 0.3) is 0 Å². The lowest BCUT2D eigenvalue weighted by molar-refractivity contribution is 0.489. The summed E-state index contributed by atoms with van der Waals surface area (Å²) in [5, 5.41) is 0.440. The predicted molar refractivity (Wildman–Crippen MR) is 49.8 cm³/mol. The van der Waals surface area contributed by atoms with E-state index >= 15 is 0 Å². The second kappa shape index (κ2) is 5.30. The van der Waals surface area contributed by atoms with Crippen LogP contribution in [-0.4, -0.2) is 5.25 Å². The quantitative estimate of drug-likeness (QED) is 0.604. The molecule has 0 atom stereocenters. The van der Waals surface area contributed by atoms with Crippen molar-refractivity contribution in [1.82, 2.24) is 0 Å². The number of halogens is 1. The van der Waals surface area contributed by atoms with Crippen molar-refractivity contribution >= 4 is 22.0 Å². The third-order valence-electron chi connectivity index (χ3n) is 1.46. The van der Waals surface area contributed by atoms with E-state index in [2.05, 4.69) is 27.7 Å². The van der Waals surface area contributed by atoms with Crippen molar-refractivity contribution in [3.05, 3.63) is 0 Å². The average molecular weight is 182 g/mol. The molecule has 0 saturated heterocycles. The molecule has 0 unspecified atom stereocenters. The van der Waals surface area contributed by atoms with E-state index in [0.717, 1.165) is 0 Å². The van der Waals surface area contributed by atoms with Crippen molar-refractivity contribution in [2.24, 2.45) is 11.8 Å². The fraction of sp³-hybridized carbons (Fsp3) is 1.00. The van der Waals surface area contributed by atoms with Crippen LogP contribution in [0.15, 0.2) is 0 Å². The molecule has 0 aliphatic carbocycles. The molecule has 3 heteroatoms. The van der Waals surface area contributed by atoms with Gasteiger partial charge >= 0.3 is 0 Å². The van der Waals surface area contributed by atoms with Gasteiger partial charge in [0, 0.05) is 5.25 Å². The largest absolute Gasteiger partial charge is 0.153 e. The molecular formula is C7H15FS2. The summed E-state index contributed by atoms with van der Waals surface area (Å²) in [7, 11) is 1.34. The topological polar surface area (TPSA) is 0 Å². The highest BCUT2D eigenvalue weighted by atomic mass is 33.1. The van der Waals surface area contributed by atoms with E-state index in [9.17, 15) is 3.89 Å². The Morgan fingerprint density at radius 3 is 1.50 bits per heavy atom. The van der Waals surface area contributed by atoms with Crippen molar-refractivity contribution in [1.29, 1.82) is 0 Å². The van der Waals surface area contributed by atoms with Crippen LogP contribution in [0, 0.1) is 11.8 Å². The molecule has 0 bridgehead atoms. The first-order valence-corrected chi connectivity index (χ1v) is 5.65. The molecule has 0 N–H and O–H groups in total. The molecule has 0 nitrogen and oxygen atoms in total. The summed E-state index contributed by atoms with van der Waals surface area (Å²) in [6, 6.07) is 0. The Bertz CT molecular complexity index is 75.7. The van der Waals surface area contributed by atoms with E-state index < -0.39 is 0 Å². The molecule has 0 aromatic heterocycles. The van der Waals surface area contributed by atoms with E-state index in [4.69, 9.17) is 0 Å². The van der Waals surface area contributed by atoms with Crippen LogP contribution in [0.2, 0.25) is 0 Å². The van der Waals surface area contributed by atoms with Crippen molar-refractivity contribution in [2.75, 3.05) is 0 Å². The zero-order valence-corrected chi connectivity index (χ0v) is 8.56. The Morgan fingerprint density at radius 1 is 1.00 bits per heavy atom. The Balaban J connectivity index is 3.73. The van der Waals surface area contributed by atoms with Gasteiger partial charge in [-0.1, -0.05) is 38.5 Å². The van der Waals surface area contributed by atoms with Gasteiger partial charge in [-0.2, -0.15) is 3.89 Å². The molecule has 62 valence electrons. The second-order valence-electron chi connectivity index (χ2n) is 3.11. The second-order valence-corrected chi connectivity index (χ2v) is 4.93. The Kier molecular flexibility index (Phi) is 5.64. The number of hydrogen-bond acceptors (Lipinski definition) is 2. The zero-order chi connectivity index (χ0) is 8.15. The third kappa shape index (κ3) is 3.71. The molecule has 10 heavy (non-hydrogen) atoms. The Hall–Kier alpha value is 0.630. The van der Waals surface area contributed by atoms with E-state index in [1.165, 1.54) is 10.8 Å². The molecule has 0 aliphatic rings. The summed E-state index contributed by atoms with van der Waals surface area (Å²) in [6.07, 6.45) is 0. The molecule has 0 heterocycles. The van der Waals surface area contributed by atoms with Gasteiger partial charge in [0.15, 0.2) is 0 Å². The molecule has 0 aromatic carbocycles. The summed E-state index contributed by atoms with van der Waals surface area (Å²) in [5.41, 5.74) is 0. The van der Waals surface area contributed by atoms with Crippen molar-refractivity contribution in [3.8, 4) is 0 Å². The summed E-state index contributed by atoms with van der Waals surface area (Å²) in [4.78, 5) is 0. The van der Waals surface area contributed by atoms with Crippen molar-refractivity contribution in [2.45, 2.75) is 32.9 Å². The van der Waals surface area contributed by atoms with Gasteiger partial charge in [0.1, 0.15) is 11.2 Å². The third-order valence-corrected chi connectivity index (χ3v) is 3.73. The molecule has 0 amide bonds. The first kappa shape index (κ1) is 10.6. The first-order valence-electron chi connectivity index (χ1n) is 3.53. The van der Waals surface area contributed by atoms with Gasteiger partial charge in [-0.15, -0.1) is 0 Å². The highest BCUT2D eigenvalue weighted by Crippen LogP contribution is 2.35. The smallest absolute Gasteiger partial charge is 0.115 e. The lowest BCUT2D eigenvalue weighted by Gasteiger charge is -2.21. The maximum atomic E-state index is 11.8. The fourth-order valence-electron chi connectivity index (χ4n) is 1.03. The van der Waals surface area contributed by atoms with Crippen molar-refractivity contribution in [3.63, 3.8) is 0 Å². The number of rotatable bonds is 4. The highest BCUT2D eigenvalue weighted by molar-refractivity contribution is 8.75. The van der Waals surface area contributed by atoms with Gasteiger partial charge in [-0.25, -0.2) is 0 Å². The summed E-state index contributed by atoms with van der Waals surface area (Å²) >= 11 is 0.383. The zero-order valence-electron chi connectivity index (χ0n) is 6.93. The van der Waals surface area contributed by atoms with Gasteiger partial charge < -0.3 is 0 Å². The summed E-state index contributed by atoms with van der Waals surface area (Å²) in [5.74, 6) is 1.13. The van der Waals surface area contributed by atoms with E-state index in [0.29, 0.717) is 28.3 Å². The van der Waals surface area contributed by atoms with Gasteiger partial charge in [0.05, 0.1) is 0 Å². The van der Waals surface area contributed by atoms with Crippen LogP contribution in [0.5, 0.6) is 0 Å². The minimum atomic E-state index is 0.383. The highest BCUT2D eigenvalue weighted by Gasteiger charge is 2.18. The van der Waals surface area contributed by atoms with E-state index in [1.54, 1.807) is 0 Å². The maximum Gasteiger partial charge on any atom is 0.115 e. The lowest BCUT2D eigenvalue weighted by Crippen LogP contribution is -2.16.